The summed E-state index contributed by atoms with van der Waals surface area (Å²) in [4.78, 5) is 11.7. The van der Waals surface area contributed by atoms with E-state index in [0.29, 0.717) is 5.92 Å². The van der Waals surface area contributed by atoms with Crippen LogP contribution in [-0.2, 0) is 6.42 Å². The molecule has 18 heavy (non-hydrogen) atoms. The van der Waals surface area contributed by atoms with Crippen LogP contribution in [0.5, 0.6) is 0 Å². The van der Waals surface area contributed by atoms with Crippen molar-refractivity contribution in [2.45, 2.75) is 58.4 Å². The monoisotopic (exact) mass is 250 g/mol. The number of allylic oxidation sites excluding steroid dienone is 2. The van der Waals surface area contributed by atoms with Crippen LogP contribution in [0.15, 0.2) is 21.5 Å². The normalized spacial score (nSPS) is 20.3. The first kappa shape index (κ1) is 13.1. The highest BCUT2D eigenvalue weighted by molar-refractivity contribution is 4.95. The van der Waals surface area contributed by atoms with Crippen LogP contribution in [0.25, 0.3) is 0 Å². The third kappa shape index (κ3) is 3.12. The van der Waals surface area contributed by atoms with Gasteiger partial charge in [-0.05, 0) is 31.6 Å². The average Bonchev–Trinajstić information content (AvgIpc) is 2.58. The zero-order valence-electron chi connectivity index (χ0n) is 11.3. The van der Waals surface area contributed by atoms with E-state index in [0.717, 1.165) is 44.3 Å². The van der Waals surface area contributed by atoms with Gasteiger partial charge < -0.3 is 0 Å². The van der Waals surface area contributed by atoms with Crippen molar-refractivity contribution in [3.63, 3.8) is 0 Å². The highest BCUT2D eigenvalue weighted by Crippen LogP contribution is 2.24. The van der Waals surface area contributed by atoms with Gasteiger partial charge in [0.15, 0.2) is 5.82 Å². The highest BCUT2D eigenvalue weighted by Gasteiger charge is 2.21. The Morgan fingerprint density at radius 2 is 2.28 bits per heavy atom. The predicted octanol–water partition coefficient (Wildman–Crippen LogP) is 3.10. The Labute approximate surface area is 108 Å². The Bertz CT molecular complexity index is 457. The molecule has 1 aliphatic rings. The Kier molecular flexibility index (Phi) is 4.39. The smallest absolute Gasteiger partial charge is 0.296 e. The molecule has 1 aliphatic heterocycles. The van der Waals surface area contributed by atoms with Crippen molar-refractivity contribution < 1.29 is 4.52 Å². The lowest BCUT2D eigenvalue weighted by Crippen LogP contribution is -2.21. The number of rotatable bonds is 4. The predicted molar refractivity (Wildman–Crippen MR) is 70.6 cm³/mol. The minimum atomic E-state index is -0.297. The number of aromatic nitrogens is 2. The number of aryl methyl sites for hydroxylation is 1. The molecule has 2 rings (SSSR count). The van der Waals surface area contributed by atoms with Crippen molar-refractivity contribution in [2.24, 2.45) is 5.92 Å². The molecule has 0 aliphatic carbocycles. The molecule has 1 aromatic heterocycles. The third-order valence-electron chi connectivity index (χ3n) is 3.44. The van der Waals surface area contributed by atoms with Crippen LogP contribution in [0.2, 0.25) is 0 Å². The molecule has 1 aromatic rings. The zero-order chi connectivity index (χ0) is 13.0. The molecule has 0 radical (unpaired) electrons. The molecule has 0 aromatic carbocycles. The van der Waals surface area contributed by atoms with Gasteiger partial charge in [0.05, 0.1) is 0 Å². The van der Waals surface area contributed by atoms with Gasteiger partial charge in [-0.15, -0.1) is 0 Å². The summed E-state index contributed by atoms with van der Waals surface area (Å²) >= 11 is 0. The van der Waals surface area contributed by atoms with Gasteiger partial charge in [-0.2, -0.15) is 0 Å². The van der Waals surface area contributed by atoms with Gasteiger partial charge in [-0.25, -0.2) is 4.79 Å². The second-order valence-corrected chi connectivity index (χ2v) is 5.47. The summed E-state index contributed by atoms with van der Waals surface area (Å²) in [6.45, 7) is 4.41. The first-order chi connectivity index (χ1) is 8.68. The Hall–Kier alpha value is -1.32. The van der Waals surface area contributed by atoms with E-state index < -0.39 is 0 Å². The molecule has 2 heterocycles. The molecule has 1 atom stereocenters. The van der Waals surface area contributed by atoms with Crippen LogP contribution in [0.4, 0.5) is 0 Å². The molecule has 0 spiro atoms. The Morgan fingerprint density at radius 3 is 3.06 bits per heavy atom. The summed E-state index contributed by atoms with van der Waals surface area (Å²) in [5.41, 5.74) is 0. The number of hydrogen-bond donors (Lipinski definition) is 0. The first-order valence-electron chi connectivity index (χ1n) is 6.90. The lowest BCUT2D eigenvalue weighted by atomic mass is 10.1. The van der Waals surface area contributed by atoms with Crippen LogP contribution >= 0.6 is 0 Å². The number of nitrogens with zero attached hydrogens (tertiary/aromatic N) is 2. The van der Waals surface area contributed by atoms with Gasteiger partial charge >= 0.3 is 5.76 Å². The largest absolute Gasteiger partial charge is 0.441 e. The molecule has 0 bridgehead atoms. The summed E-state index contributed by atoms with van der Waals surface area (Å²) < 4.78 is 6.54. The van der Waals surface area contributed by atoms with E-state index in [2.05, 4.69) is 31.2 Å². The molecule has 100 valence electrons. The van der Waals surface area contributed by atoms with Gasteiger partial charge in [0.1, 0.15) is 0 Å². The average molecular weight is 250 g/mol. The fourth-order valence-corrected chi connectivity index (χ4v) is 2.45. The molecule has 1 unspecified atom stereocenters. The summed E-state index contributed by atoms with van der Waals surface area (Å²) in [7, 11) is 0. The van der Waals surface area contributed by atoms with Crippen molar-refractivity contribution in [2.75, 3.05) is 0 Å². The SMILES string of the molecule is CC(C)C/C=C\CC1CCCCc2noc(=O)n21. The second-order valence-electron chi connectivity index (χ2n) is 5.47. The van der Waals surface area contributed by atoms with Gasteiger partial charge in [0.2, 0.25) is 0 Å². The fourth-order valence-electron chi connectivity index (χ4n) is 2.45. The molecule has 4 nitrogen and oxygen atoms in total. The summed E-state index contributed by atoms with van der Waals surface area (Å²) in [6.07, 6.45) is 10.6. The molecule has 0 fully saturated rings. The maximum absolute atomic E-state index is 11.7. The molecular weight excluding hydrogens is 228 g/mol. The molecule has 0 amide bonds. The number of hydrogen-bond acceptors (Lipinski definition) is 3. The van der Waals surface area contributed by atoms with Crippen LogP contribution in [0.3, 0.4) is 0 Å². The van der Waals surface area contributed by atoms with E-state index in [4.69, 9.17) is 4.52 Å². The second kappa shape index (κ2) is 6.03. The molecule has 0 saturated carbocycles. The van der Waals surface area contributed by atoms with Crippen LogP contribution in [0, 0.1) is 5.92 Å². The topological polar surface area (TPSA) is 48.0 Å². The van der Waals surface area contributed by atoms with Crippen molar-refractivity contribution in [1.29, 1.82) is 0 Å². The van der Waals surface area contributed by atoms with Gasteiger partial charge in [-0.3, -0.25) is 9.09 Å². The maximum Gasteiger partial charge on any atom is 0.441 e. The van der Waals surface area contributed by atoms with Gasteiger partial charge in [0.25, 0.3) is 0 Å². The van der Waals surface area contributed by atoms with E-state index in [1.807, 2.05) is 0 Å². The van der Waals surface area contributed by atoms with E-state index in [1.54, 1.807) is 4.57 Å². The summed E-state index contributed by atoms with van der Waals surface area (Å²) in [5, 5.41) is 3.87. The molecule has 4 heteroatoms. The minimum Gasteiger partial charge on any atom is -0.296 e. The van der Waals surface area contributed by atoms with Crippen LogP contribution < -0.4 is 5.76 Å². The summed E-state index contributed by atoms with van der Waals surface area (Å²) in [6, 6.07) is 0.227. The zero-order valence-corrected chi connectivity index (χ0v) is 11.3. The van der Waals surface area contributed by atoms with Crippen molar-refractivity contribution in [1.82, 2.24) is 9.72 Å². The minimum absolute atomic E-state index is 0.227. The first-order valence-corrected chi connectivity index (χ1v) is 6.90. The van der Waals surface area contributed by atoms with E-state index in [9.17, 15) is 4.79 Å². The van der Waals surface area contributed by atoms with Crippen molar-refractivity contribution in [3.05, 3.63) is 28.5 Å². The number of fused-ring (bicyclic) bond motifs is 1. The highest BCUT2D eigenvalue weighted by atomic mass is 16.5. The maximum atomic E-state index is 11.7. The standard InChI is InChI=1S/C14H22N2O2/c1-11(2)7-3-4-8-12-9-5-6-10-13-15-18-14(17)16(12)13/h3-4,11-12H,5-10H2,1-2H3/b4-3-. The fraction of sp³-hybridized carbons (Fsp3) is 0.714. The van der Waals surface area contributed by atoms with Crippen LogP contribution in [-0.4, -0.2) is 9.72 Å². The Balaban J connectivity index is 2.06. The molecular formula is C14H22N2O2. The van der Waals surface area contributed by atoms with E-state index in [-0.39, 0.29) is 11.8 Å². The van der Waals surface area contributed by atoms with Gasteiger partial charge in [0, 0.05) is 12.5 Å². The van der Waals surface area contributed by atoms with E-state index in [1.165, 1.54) is 0 Å². The third-order valence-corrected chi connectivity index (χ3v) is 3.44. The summed E-state index contributed by atoms with van der Waals surface area (Å²) in [5.74, 6) is 1.21. The van der Waals surface area contributed by atoms with Crippen molar-refractivity contribution in [3.8, 4) is 0 Å². The van der Waals surface area contributed by atoms with Crippen LogP contribution in [0.1, 0.15) is 57.8 Å². The molecule has 0 saturated heterocycles. The van der Waals surface area contributed by atoms with E-state index >= 15 is 0 Å². The Morgan fingerprint density at radius 1 is 1.44 bits per heavy atom. The molecule has 0 N–H and O–H groups in total. The quantitative estimate of drug-likeness (QED) is 0.771. The van der Waals surface area contributed by atoms with Gasteiger partial charge in [-0.1, -0.05) is 37.6 Å². The lowest BCUT2D eigenvalue weighted by molar-refractivity contribution is 0.353. The van der Waals surface area contributed by atoms with Crippen molar-refractivity contribution >= 4 is 0 Å². The lowest BCUT2D eigenvalue weighted by Gasteiger charge is -2.13.